The van der Waals surface area contributed by atoms with Crippen LogP contribution in [0.1, 0.15) is 31.0 Å². The van der Waals surface area contributed by atoms with Crippen molar-refractivity contribution in [2.45, 2.75) is 32.9 Å². The molecule has 0 bridgehead atoms. The van der Waals surface area contributed by atoms with Gasteiger partial charge in [0.05, 0.1) is 5.75 Å². The first-order valence-corrected chi connectivity index (χ1v) is 8.05. The average Bonchev–Trinajstić information content (AvgIpc) is 2.19. The van der Waals surface area contributed by atoms with Crippen molar-refractivity contribution in [2.75, 3.05) is 12.0 Å². The Morgan fingerprint density at radius 1 is 1.21 bits per heavy atom. The lowest BCUT2D eigenvalue weighted by Gasteiger charge is -2.22. The molecule has 1 aromatic rings. The first-order chi connectivity index (χ1) is 8.60. The van der Waals surface area contributed by atoms with Gasteiger partial charge in [-0.2, -0.15) is 0 Å². The van der Waals surface area contributed by atoms with E-state index in [0.717, 1.165) is 12.3 Å². The van der Waals surface area contributed by atoms with Gasteiger partial charge in [0, 0.05) is 30.0 Å². The summed E-state index contributed by atoms with van der Waals surface area (Å²) in [5.74, 6) is -1.60. The zero-order valence-electron chi connectivity index (χ0n) is 11.5. The lowest BCUT2D eigenvalue weighted by molar-refractivity contribution is 0.475. The molecule has 0 aliphatic carbocycles. The van der Waals surface area contributed by atoms with Crippen LogP contribution < -0.4 is 5.32 Å². The molecule has 0 aliphatic heterocycles. The summed E-state index contributed by atoms with van der Waals surface area (Å²) in [6.45, 7) is 5.19. The summed E-state index contributed by atoms with van der Waals surface area (Å²) in [6, 6.07) is 1.45. The number of rotatable bonds is 5. The minimum atomic E-state index is -3.28. The molecule has 0 aliphatic rings. The highest BCUT2D eigenvalue weighted by Crippen LogP contribution is 2.22. The topological polar surface area (TPSA) is 46.2 Å². The number of hydrogen-bond acceptors (Lipinski definition) is 3. The van der Waals surface area contributed by atoms with Crippen LogP contribution >= 0.6 is 0 Å². The summed E-state index contributed by atoms with van der Waals surface area (Å²) in [5, 5.41) is 3.00. The maximum atomic E-state index is 13.8. The molecule has 0 spiro atoms. The molecule has 0 aromatic heterocycles. The summed E-state index contributed by atoms with van der Waals surface area (Å²) in [4.78, 5) is 0. The predicted octanol–water partition coefficient (Wildman–Crippen LogP) is 2.36. The second-order valence-electron chi connectivity index (χ2n) is 5.09. The van der Waals surface area contributed by atoms with E-state index in [1.165, 1.54) is 13.0 Å². The molecule has 108 valence electrons. The molecule has 3 nitrogen and oxygen atoms in total. The number of hydrogen-bond donors (Lipinski definition) is 1. The molecule has 1 aromatic carbocycles. The van der Waals surface area contributed by atoms with Crippen LogP contribution in [0.4, 0.5) is 8.78 Å². The van der Waals surface area contributed by atoms with Crippen molar-refractivity contribution in [3.05, 3.63) is 34.9 Å². The van der Waals surface area contributed by atoms with Gasteiger partial charge in [-0.3, -0.25) is 0 Å². The van der Waals surface area contributed by atoms with Crippen molar-refractivity contribution < 1.29 is 17.2 Å². The molecule has 1 N–H and O–H groups in total. The molecule has 0 saturated carbocycles. The molecule has 0 radical (unpaired) electrons. The van der Waals surface area contributed by atoms with Crippen LogP contribution in [-0.4, -0.2) is 26.5 Å². The Labute approximate surface area is 112 Å². The highest BCUT2D eigenvalue weighted by molar-refractivity contribution is 7.90. The number of sulfone groups is 1. The van der Waals surface area contributed by atoms with Crippen LogP contribution in [0.5, 0.6) is 0 Å². The zero-order valence-corrected chi connectivity index (χ0v) is 12.3. The molecule has 1 rings (SSSR count). The van der Waals surface area contributed by atoms with Gasteiger partial charge in [-0.1, -0.05) is 13.8 Å². The highest BCUT2D eigenvalue weighted by atomic mass is 32.2. The minimum Gasteiger partial charge on any atom is -0.307 e. The van der Waals surface area contributed by atoms with Crippen LogP contribution in [-0.2, 0) is 9.84 Å². The fourth-order valence-corrected chi connectivity index (χ4v) is 2.76. The van der Waals surface area contributed by atoms with E-state index in [1.54, 1.807) is 0 Å². The maximum absolute atomic E-state index is 13.8. The number of benzene rings is 1. The van der Waals surface area contributed by atoms with Gasteiger partial charge in [0.2, 0.25) is 0 Å². The Bertz CT molecular complexity index is 556. The van der Waals surface area contributed by atoms with Crippen LogP contribution in [0.25, 0.3) is 0 Å². The normalized spacial score (nSPS) is 13.8. The van der Waals surface area contributed by atoms with Crippen molar-refractivity contribution in [3.8, 4) is 0 Å². The standard InChI is InChI=1S/C13H19F2NO2S/c1-8(2)16-13(7-19(4,17)18)10-5-9(3)11(14)6-12(10)15/h5-6,8,13,16H,7H2,1-4H3. The van der Waals surface area contributed by atoms with E-state index in [0.29, 0.717) is 5.56 Å². The smallest absolute Gasteiger partial charge is 0.149 e. The van der Waals surface area contributed by atoms with E-state index < -0.39 is 27.5 Å². The first-order valence-electron chi connectivity index (χ1n) is 5.99. The summed E-state index contributed by atoms with van der Waals surface area (Å²) in [6.07, 6.45) is 1.09. The largest absolute Gasteiger partial charge is 0.307 e. The highest BCUT2D eigenvalue weighted by Gasteiger charge is 2.22. The summed E-state index contributed by atoms with van der Waals surface area (Å²) >= 11 is 0. The third-order valence-electron chi connectivity index (χ3n) is 2.66. The summed E-state index contributed by atoms with van der Waals surface area (Å²) < 4.78 is 49.9. The van der Waals surface area contributed by atoms with Crippen LogP contribution in [0.2, 0.25) is 0 Å². The number of halogens is 2. The zero-order chi connectivity index (χ0) is 14.8. The van der Waals surface area contributed by atoms with Gasteiger partial charge in [-0.15, -0.1) is 0 Å². The van der Waals surface area contributed by atoms with Gasteiger partial charge in [-0.05, 0) is 18.6 Å². The third kappa shape index (κ3) is 4.87. The van der Waals surface area contributed by atoms with Crippen LogP contribution in [0, 0.1) is 18.6 Å². The van der Waals surface area contributed by atoms with E-state index in [9.17, 15) is 17.2 Å². The van der Waals surface area contributed by atoms with E-state index in [2.05, 4.69) is 5.32 Å². The lowest BCUT2D eigenvalue weighted by Crippen LogP contribution is -2.33. The summed E-state index contributed by atoms with van der Waals surface area (Å²) in [7, 11) is -3.28. The van der Waals surface area contributed by atoms with Gasteiger partial charge >= 0.3 is 0 Å². The fraction of sp³-hybridized carbons (Fsp3) is 0.538. The molecular formula is C13H19F2NO2S. The van der Waals surface area contributed by atoms with E-state index >= 15 is 0 Å². The summed E-state index contributed by atoms with van der Waals surface area (Å²) in [5.41, 5.74) is 0.471. The van der Waals surface area contributed by atoms with E-state index in [4.69, 9.17) is 0 Å². The second-order valence-corrected chi connectivity index (χ2v) is 7.27. The van der Waals surface area contributed by atoms with Gasteiger partial charge in [0.15, 0.2) is 0 Å². The maximum Gasteiger partial charge on any atom is 0.149 e. The molecule has 19 heavy (non-hydrogen) atoms. The molecule has 1 unspecified atom stereocenters. The van der Waals surface area contributed by atoms with Crippen molar-refractivity contribution in [3.63, 3.8) is 0 Å². The van der Waals surface area contributed by atoms with Crippen molar-refractivity contribution in [1.82, 2.24) is 5.32 Å². The molecule has 6 heteroatoms. The molecule has 1 atom stereocenters. The van der Waals surface area contributed by atoms with E-state index in [-0.39, 0.29) is 17.4 Å². The minimum absolute atomic E-state index is 0.0171. The quantitative estimate of drug-likeness (QED) is 0.906. The van der Waals surface area contributed by atoms with Crippen LogP contribution in [0.15, 0.2) is 12.1 Å². The van der Waals surface area contributed by atoms with Crippen molar-refractivity contribution >= 4 is 9.84 Å². The van der Waals surface area contributed by atoms with Crippen molar-refractivity contribution in [2.24, 2.45) is 0 Å². The monoisotopic (exact) mass is 291 g/mol. The average molecular weight is 291 g/mol. The Morgan fingerprint density at radius 3 is 2.26 bits per heavy atom. The fourth-order valence-electron chi connectivity index (χ4n) is 1.88. The van der Waals surface area contributed by atoms with Gasteiger partial charge in [0.1, 0.15) is 21.5 Å². The SMILES string of the molecule is Cc1cc(C(CS(C)(=O)=O)NC(C)C)c(F)cc1F. The molecule has 0 heterocycles. The molecule has 0 fully saturated rings. The molecular weight excluding hydrogens is 272 g/mol. The van der Waals surface area contributed by atoms with Crippen LogP contribution in [0.3, 0.4) is 0 Å². The molecule has 0 saturated heterocycles. The Kier molecular flexibility index (Phi) is 5.04. The molecule has 0 amide bonds. The number of aryl methyl sites for hydroxylation is 1. The Balaban J connectivity index is 3.20. The van der Waals surface area contributed by atoms with Gasteiger partial charge in [0.25, 0.3) is 0 Å². The van der Waals surface area contributed by atoms with Crippen molar-refractivity contribution in [1.29, 1.82) is 0 Å². The lowest BCUT2D eigenvalue weighted by atomic mass is 10.0. The first kappa shape index (κ1) is 16.0. The Hall–Kier alpha value is -1.01. The van der Waals surface area contributed by atoms with E-state index in [1.807, 2.05) is 13.8 Å². The van der Waals surface area contributed by atoms with Gasteiger partial charge < -0.3 is 5.32 Å². The Morgan fingerprint density at radius 2 is 1.79 bits per heavy atom. The third-order valence-corrected chi connectivity index (χ3v) is 3.60. The second kappa shape index (κ2) is 5.96. The predicted molar refractivity (Wildman–Crippen MR) is 71.8 cm³/mol. The number of nitrogens with one attached hydrogen (secondary N) is 1. The van der Waals surface area contributed by atoms with Gasteiger partial charge in [-0.25, -0.2) is 17.2 Å².